The van der Waals surface area contributed by atoms with E-state index in [-0.39, 0.29) is 12.2 Å². The number of rotatable bonds is 5. The number of hydrogen-bond donors (Lipinski definition) is 2. The number of nitrogens with zero attached hydrogens (tertiary/aromatic N) is 1. The van der Waals surface area contributed by atoms with Gasteiger partial charge in [0.05, 0.1) is 6.07 Å². The molecule has 2 N–H and O–H groups in total. The molecule has 14 heavy (non-hydrogen) atoms. The minimum atomic E-state index is -1.35. The van der Waals surface area contributed by atoms with Crippen molar-refractivity contribution in [3.8, 4) is 6.07 Å². The van der Waals surface area contributed by atoms with E-state index >= 15 is 0 Å². The normalized spacial score (nSPS) is 15.8. The van der Waals surface area contributed by atoms with E-state index in [0.29, 0.717) is 5.54 Å². The SMILES string of the molecule is CC(CC(C#N)CB(O)O)[Si](C)(C)C. The highest BCUT2D eigenvalue weighted by Gasteiger charge is 2.27. The fraction of sp³-hybridized carbons (Fsp3) is 0.889. The van der Waals surface area contributed by atoms with E-state index in [1.54, 1.807) is 0 Å². The maximum Gasteiger partial charge on any atom is 0.452 e. The summed E-state index contributed by atoms with van der Waals surface area (Å²) in [5, 5.41) is 26.4. The molecule has 0 rings (SSSR count). The summed E-state index contributed by atoms with van der Waals surface area (Å²) in [7, 11) is -2.56. The molecule has 80 valence electrons. The van der Waals surface area contributed by atoms with Crippen molar-refractivity contribution in [2.75, 3.05) is 0 Å². The lowest BCUT2D eigenvalue weighted by Gasteiger charge is -2.26. The van der Waals surface area contributed by atoms with Crippen LogP contribution in [0.15, 0.2) is 0 Å². The van der Waals surface area contributed by atoms with Crippen LogP contribution in [0.1, 0.15) is 13.3 Å². The van der Waals surface area contributed by atoms with Crippen LogP contribution in [0.25, 0.3) is 0 Å². The van der Waals surface area contributed by atoms with Crippen LogP contribution in [0.2, 0.25) is 31.5 Å². The van der Waals surface area contributed by atoms with Crippen molar-refractivity contribution >= 4 is 15.2 Å². The molecule has 0 spiro atoms. The summed E-state index contributed by atoms with van der Waals surface area (Å²) >= 11 is 0. The molecule has 0 aromatic carbocycles. The molecular weight excluding hydrogens is 193 g/mol. The van der Waals surface area contributed by atoms with Crippen LogP contribution in [-0.4, -0.2) is 25.2 Å². The summed E-state index contributed by atoms with van der Waals surface area (Å²) < 4.78 is 0. The monoisotopic (exact) mass is 213 g/mol. The maximum atomic E-state index is 8.83. The first kappa shape index (κ1) is 13.7. The summed E-state index contributed by atoms with van der Waals surface area (Å²) in [6, 6.07) is 2.14. The van der Waals surface area contributed by atoms with Gasteiger partial charge in [0.25, 0.3) is 0 Å². The molecule has 0 amide bonds. The Kier molecular flexibility index (Phi) is 5.42. The average molecular weight is 213 g/mol. The first-order chi connectivity index (χ1) is 6.27. The second-order valence-electron chi connectivity index (χ2n) is 5.05. The predicted octanol–water partition coefficient (Wildman–Crippen LogP) is 1.72. The van der Waals surface area contributed by atoms with Gasteiger partial charge in [0.15, 0.2) is 0 Å². The molecular formula is C9H20BNO2Si. The highest BCUT2D eigenvalue weighted by atomic mass is 28.3. The van der Waals surface area contributed by atoms with E-state index in [2.05, 4.69) is 32.6 Å². The predicted molar refractivity (Wildman–Crippen MR) is 61.5 cm³/mol. The lowest BCUT2D eigenvalue weighted by atomic mass is 9.77. The summed E-state index contributed by atoms with van der Waals surface area (Å²) in [5.41, 5.74) is 0.533. The standard InChI is InChI=1S/C9H20BNO2Si/c1-8(14(2,3)4)5-9(7-11)6-10(12)13/h8-9,12-13H,5-6H2,1-4H3. The molecule has 0 bridgehead atoms. The van der Waals surface area contributed by atoms with Gasteiger partial charge in [-0.15, -0.1) is 0 Å². The van der Waals surface area contributed by atoms with Crippen molar-refractivity contribution in [3.05, 3.63) is 0 Å². The molecule has 3 nitrogen and oxygen atoms in total. The molecule has 0 heterocycles. The second-order valence-corrected chi connectivity index (χ2v) is 10.8. The quantitative estimate of drug-likeness (QED) is 0.683. The van der Waals surface area contributed by atoms with Crippen LogP contribution >= 0.6 is 0 Å². The van der Waals surface area contributed by atoms with Crippen LogP contribution in [0.4, 0.5) is 0 Å². The lowest BCUT2D eigenvalue weighted by Crippen LogP contribution is -2.28. The second kappa shape index (κ2) is 5.54. The van der Waals surface area contributed by atoms with E-state index in [9.17, 15) is 0 Å². The number of hydrogen-bond acceptors (Lipinski definition) is 3. The van der Waals surface area contributed by atoms with Crippen LogP contribution in [0.3, 0.4) is 0 Å². The molecule has 0 aliphatic rings. The van der Waals surface area contributed by atoms with Gasteiger partial charge in [-0.1, -0.05) is 26.6 Å². The van der Waals surface area contributed by atoms with Gasteiger partial charge in [-0.2, -0.15) is 5.26 Å². The lowest BCUT2D eigenvalue weighted by molar-refractivity contribution is 0.393. The van der Waals surface area contributed by atoms with Gasteiger partial charge in [0.1, 0.15) is 0 Å². The summed E-state index contributed by atoms with van der Waals surface area (Å²) in [4.78, 5) is 0. The Morgan fingerprint density at radius 3 is 2.14 bits per heavy atom. The minimum absolute atomic E-state index is 0.172. The fourth-order valence-electron chi connectivity index (χ4n) is 1.24. The third kappa shape index (κ3) is 5.43. The van der Waals surface area contributed by atoms with Gasteiger partial charge in [0.2, 0.25) is 0 Å². The zero-order chi connectivity index (χ0) is 11.4. The molecule has 5 heteroatoms. The van der Waals surface area contributed by atoms with Crippen molar-refractivity contribution in [3.63, 3.8) is 0 Å². The Hall–Kier alpha value is -0.308. The third-order valence-corrected chi connectivity index (χ3v) is 5.99. The molecule has 0 aromatic rings. The highest BCUT2D eigenvalue weighted by molar-refractivity contribution is 6.77. The smallest absolute Gasteiger partial charge is 0.427 e. The molecule has 0 saturated heterocycles. The molecule has 2 unspecified atom stereocenters. The van der Waals surface area contributed by atoms with Crippen LogP contribution in [-0.2, 0) is 0 Å². The summed E-state index contributed by atoms with van der Waals surface area (Å²) in [6.45, 7) is 8.95. The van der Waals surface area contributed by atoms with Crippen LogP contribution < -0.4 is 0 Å². The Labute approximate surface area is 87.9 Å². The van der Waals surface area contributed by atoms with Gasteiger partial charge in [-0.25, -0.2) is 0 Å². The topological polar surface area (TPSA) is 64.2 Å². The zero-order valence-electron chi connectivity index (χ0n) is 9.49. The largest absolute Gasteiger partial charge is 0.452 e. The highest BCUT2D eigenvalue weighted by Crippen LogP contribution is 2.29. The van der Waals surface area contributed by atoms with E-state index in [1.807, 2.05) is 0 Å². The van der Waals surface area contributed by atoms with Gasteiger partial charge >= 0.3 is 7.12 Å². The van der Waals surface area contributed by atoms with Gasteiger partial charge in [-0.05, 0) is 18.3 Å². The summed E-state index contributed by atoms with van der Waals surface area (Å²) in [6.07, 6.45) is 0.954. The van der Waals surface area contributed by atoms with E-state index < -0.39 is 15.2 Å². The van der Waals surface area contributed by atoms with Crippen molar-refractivity contribution in [2.24, 2.45) is 5.92 Å². The van der Waals surface area contributed by atoms with Crippen LogP contribution in [0.5, 0.6) is 0 Å². The Bertz CT molecular complexity index is 210. The van der Waals surface area contributed by atoms with Crippen molar-refractivity contribution < 1.29 is 10.0 Å². The molecule has 0 aliphatic carbocycles. The van der Waals surface area contributed by atoms with Gasteiger partial charge < -0.3 is 10.0 Å². The zero-order valence-corrected chi connectivity index (χ0v) is 10.5. The van der Waals surface area contributed by atoms with Crippen molar-refractivity contribution in [1.82, 2.24) is 0 Å². The van der Waals surface area contributed by atoms with E-state index in [0.717, 1.165) is 6.42 Å². The molecule has 0 saturated carbocycles. The first-order valence-electron chi connectivity index (χ1n) is 5.03. The molecule has 0 radical (unpaired) electrons. The van der Waals surface area contributed by atoms with Crippen LogP contribution in [0, 0.1) is 17.2 Å². The van der Waals surface area contributed by atoms with E-state index in [1.165, 1.54) is 0 Å². The Morgan fingerprint density at radius 2 is 1.86 bits per heavy atom. The summed E-state index contributed by atoms with van der Waals surface area (Å²) in [5.74, 6) is -0.225. The van der Waals surface area contributed by atoms with Gasteiger partial charge in [-0.3, -0.25) is 0 Å². The minimum Gasteiger partial charge on any atom is -0.427 e. The molecule has 2 atom stereocenters. The van der Waals surface area contributed by atoms with E-state index in [4.69, 9.17) is 15.3 Å². The van der Waals surface area contributed by atoms with Crippen molar-refractivity contribution in [2.45, 2.75) is 44.8 Å². The maximum absolute atomic E-state index is 8.83. The molecule has 0 aliphatic heterocycles. The third-order valence-electron chi connectivity index (χ3n) is 2.79. The number of nitriles is 1. The first-order valence-corrected chi connectivity index (χ1v) is 8.61. The Balaban J connectivity index is 4.14. The Morgan fingerprint density at radius 1 is 1.36 bits per heavy atom. The molecule has 0 fully saturated rings. The van der Waals surface area contributed by atoms with Crippen molar-refractivity contribution in [1.29, 1.82) is 5.26 Å². The molecule has 0 aromatic heterocycles. The fourth-order valence-corrected chi connectivity index (χ4v) is 2.23. The average Bonchev–Trinajstić information content (AvgIpc) is 2.00. The van der Waals surface area contributed by atoms with Gasteiger partial charge in [0, 0.05) is 14.0 Å².